The summed E-state index contributed by atoms with van der Waals surface area (Å²) < 4.78 is 43.5. The van der Waals surface area contributed by atoms with Crippen LogP contribution in [0, 0.1) is 10.1 Å². The second-order valence-corrected chi connectivity index (χ2v) is 6.41. The Morgan fingerprint density at radius 1 is 1.32 bits per heavy atom. The number of non-ortho nitro benzene ring substituents is 1. The number of nitro groups is 1. The smallest absolute Gasteiger partial charge is 0.465 e. The maximum Gasteiger partial charge on any atom is 0.471 e. The van der Waals surface area contributed by atoms with Crippen molar-refractivity contribution in [3.8, 4) is 0 Å². The molecule has 0 saturated heterocycles. The van der Waals surface area contributed by atoms with Gasteiger partial charge >= 0.3 is 18.1 Å². The molecule has 0 spiro atoms. The number of hydrogen-bond donors (Lipinski definition) is 0. The number of carbonyl (C=O) groups is 2. The zero-order valence-corrected chi connectivity index (χ0v) is 15.0. The number of anilines is 1. The molecule has 1 aliphatic rings. The van der Waals surface area contributed by atoms with E-state index in [1.165, 1.54) is 18.2 Å². The van der Waals surface area contributed by atoms with Crippen LogP contribution in [0.25, 0.3) is 10.8 Å². The van der Waals surface area contributed by atoms with Crippen molar-refractivity contribution in [3.05, 3.63) is 45.5 Å². The van der Waals surface area contributed by atoms with E-state index >= 15 is 0 Å². The number of amides is 1. The van der Waals surface area contributed by atoms with Gasteiger partial charge in [-0.1, -0.05) is 6.07 Å². The Morgan fingerprint density at radius 3 is 2.54 bits per heavy atom. The molecule has 7 nitrogen and oxygen atoms in total. The predicted octanol–water partition coefficient (Wildman–Crippen LogP) is 3.77. The van der Waals surface area contributed by atoms with Crippen LogP contribution in [0.15, 0.2) is 24.3 Å². The number of hydrogen-bond acceptors (Lipinski definition) is 5. The Hall–Kier alpha value is -2.88. The van der Waals surface area contributed by atoms with E-state index in [-0.39, 0.29) is 34.4 Å². The molecule has 0 bridgehead atoms. The monoisotopic (exact) mass is 416 g/mol. The van der Waals surface area contributed by atoms with Crippen molar-refractivity contribution in [2.75, 3.05) is 24.4 Å². The van der Waals surface area contributed by atoms with Crippen LogP contribution in [0.2, 0.25) is 0 Å². The van der Waals surface area contributed by atoms with E-state index in [4.69, 9.17) is 11.6 Å². The van der Waals surface area contributed by atoms with Gasteiger partial charge < -0.3 is 9.64 Å². The van der Waals surface area contributed by atoms with E-state index in [2.05, 4.69) is 4.74 Å². The van der Waals surface area contributed by atoms with Gasteiger partial charge in [0.25, 0.3) is 5.69 Å². The quantitative estimate of drug-likeness (QED) is 0.329. The van der Waals surface area contributed by atoms with Gasteiger partial charge in [-0.15, -0.1) is 11.6 Å². The van der Waals surface area contributed by atoms with Crippen LogP contribution in [0.3, 0.4) is 0 Å². The number of esters is 1. The molecular weight excluding hydrogens is 405 g/mol. The lowest BCUT2D eigenvalue weighted by Crippen LogP contribution is -2.40. The molecule has 1 atom stereocenters. The zero-order valence-electron chi connectivity index (χ0n) is 14.2. The van der Waals surface area contributed by atoms with E-state index in [1.807, 2.05) is 0 Å². The summed E-state index contributed by atoms with van der Waals surface area (Å²) in [6, 6.07) is 4.88. The van der Waals surface area contributed by atoms with Gasteiger partial charge in [0.05, 0.1) is 28.7 Å². The van der Waals surface area contributed by atoms with Crippen molar-refractivity contribution in [3.63, 3.8) is 0 Å². The average Bonchev–Trinajstić information content (AvgIpc) is 3.03. The average molecular weight is 417 g/mol. The summed E-state index contributed by atoms with van der Waals surface area (Å²) in [5.41, 5.74) is -0.404. The van der Waals surface area contributed by atoms with Crippen LogP contribution >= 0.6 is 11.6 Å². The van der Waals surface area contributed by atoms with Gasteiger partial charge in [0, 0.05) is 24.4 Å². The molecule has 1 amide bonds. The van der Waals surface area contributed by atoms with Gasteiger partial charge in [0.1, 0.15) is 0 Å². The van der Waals surface area contributed by atoms with Crippen LogP contribution < -0.4 is 4.90 Å². The molecule has 1 heterocycles. The van der Waals surface area contributed by atoms with Crippen molar-refractivity contribution >= 4 is 45.6 Å². The van der Waals surface area contributed by atoms with E-state index in [9.17, 15) is 32.9 Å². The van der Waals surface area contributed by atoms with E-state index in [0.717, 1.165) is 13.2 Å². The molecule has 148 valence electrons. The number of ether oxygens (including phenoxy) is 1. The highest BCUT2D eigenvalue weighted by molar-refractivity contribution is 6.19. The summed E-state index contributed by atoms with van der Waals surface area (Å²) >= 11 is 5.90. The molecular formula is C17H12ClF3N2O5. The number of alkyl halides is 4. The highest BCUT2D eigenvalue weighted by Crippen LogP contribution is 2.46. The molecule has 0 N–H and O–H groups in total. The molecule has 1 aliphatic heterocycles. The number of nitro benzene ring substituents is 1. The van der Waals surface area contributed by atoms with Gasteiger partial charge in [0.15, 0.2) is 0 Å². The summed E-state index contributed by atoms with van der Waals surface area (Å²) in [6.45, 7) is -0.355. The number of carbonyl (C=O) groups excluding carboxylic acids is 2. The normalized spacial score (nSPS) is 16.2. The van der Waals surface area contributed by atoms with Crippen molar-refractivity contribution in [2.24, 2.45) is 0 Å². The van der Waals surface area contributed by atoms with Gasteiger partial charge in [0.2, 0.25) is 0 Å². The molecule has 0 aliphatic carbocycles. The number of benzene rings is 2. The lowest BCUT2D eigenvalue weighted by atomic mass is 9.94. The molecule has 0 fully saturated rings. The molecule has 11 heteroatoms. The highest BCUT2D eigenvalue weighted by Gasteiger charge is 2.47. The number of halogens is 4. The summed E-state index contributed by atoms with van der Waals surface area (Å²) in [5, 5.41) is 11.8. The topological polar surface area (TPSA) is 89.8 Å². The van der Waals surface area contributed by atoms with Gasteiger partial charge in [-0.3, -0.25) is 14.9 Å². The third kappa shape index (κ3) is 3.13. The maximum atomic E-state index is 13.0. The summed E-state index contributed by atoms with van der Waals surface area (Å²) in [5.74, 6) is -3.60. The Balaban J connectivity index is 2.32. The third-order valence-corrected chi connectivity index (χ3v) is 4.90. The minimum atomic E-state index is -5.14. The molecule has 0 saturated carbocycles. The highest BCUT2D eigenvalue weighted by atomic mass is 35.5. The van der Waals surface area contributed by atoms with Crippen LogP contribution in [0.1, 0.15) is 21.8 Å². The van der Waals surface area contributed by atoms with Crippen LogP contribution in [0.4, 0.5) is 24.5 Å². The zero-order chi connectivity index (χ0) is 20.8. The lowest BCUT2D eigenvalue weighted by molar-refractivity contribution is -0.383. The summed E-state index contributed by atoms with van der Waals surface area (Å²) in [4.78, 5) is 34.8. The van der Waals surface area contributed by atoms with Crippen LogP contribution in [0.5, 0.6) is 0 Å². The van der Waals surface area contributed by atoms with Crippen molar-refractivity contribution in [1.82, 2.24) is 0 Å². The van der Waals surface area contributed by atoms with Crippen LogP contribution in [-0.2, 0) is 9.53 Å². The maximum absolute atomic E-state index is 13.0. The van der Waals surface area contributed by atoms with E-state index in [1.54, 1.807) is 0 Å². The molecule has 0 radical (unpaired) electrons. The predicted molar refractivity (Wildman–Crippen MR) is 93.8 cm³/mol. The molecule has 28 heavy (non-hydrogen) atoms. The number of fused-ring (bicyclic) bond motifs is 3. The Kier molecular flexibility index (Phi) is 4.92. The minimum absolute atomic E-state index is 0.0432. The Morgan fingerprint density at radius 2 is 2.00 bits per heavy atom. The lowest BCUT2D eigenvalue weighted by Gasteiger charge is -2.19. The SMILES string of the molecule is COC(=O)c1ccc2c3c(cc([N+](=O)[O-])c2c1)N(C(=O)C(F)(F)F)CC3CCl. The number of methoxy groups -OCH3 is 1. The first-order valence-electron chi connectivity index (χ1n) is 7.88. The van der Waals surface area contributed by atoms with E-state index in [0.29, 0.717) is 10.5 Å². The first kappa shape index (κ1) is 19.9. The molecule has 0 aromatic heterocycles. The molecule has 3 rings (SSSR count). The molecule has 2 aromatic rings. The molecule has 2 aromatic carbocycles. The van der Waals surface area contributed by atoms with Crippen molar-refractivity contribution < 1.29 is 32.4 Å². The fourth-order valence-corrected chi connectivity index (χ4v) is 3.60. The first-order valence-corrected chi connectivity index (χ1v) is 8.41. The largest absolute Gasteiger partial charge is 0.471 e. The summed E-state index contributed by atoms with van der Waals surface area (Å²) in [7, 11) is 1.15. The van der Waals surface area contributed by atoms with Crippen molar-refractivity contribution in [1.29, 1.82) is 0 Å². The molecule has 1 unspecified atom stereocenters. The van der Waals surface area contributed by atoms with Gasteiger partial charge in [-0.25, -0.2) is 4.79 Å². The second kappa shape index (κ2) is 6.93. The number of nitrogens with zero attached hydrogens (tertiary/aromatic N) is 2. The Labute approximate surface area is 160 Å². The van der Waals surface area contributed by atoms with Crippen molar-refractivity contribution in [2.45, 2.75) is 12.1 Å². The fraction of sp³-hybridized carbons (Fsp3) is 0.294. The van der Waals surface area contributed by atoms with Crippen LogP contribution in [-0.4, -0.2) is 42.5 Å². The summed E-state index contributed by atoms with van der Waals surface area (Å²) in [6.07, 6.45) is -5.14. The first-order chi connectivity index (χ1) is 13.1. The third-order valence-electron chi connectivity index (χ3n) is 4.53. The minimum Gasteiger partial charge on any atom is -0.465 e. The van der Waals surface area contributed by atoms with Gasteiger partial charge in [-0.2, -0.15) is 13.2 Å². The Bertz CT molecular complexity index is 1010. The standard InChI is InChI=1S/C17H12ClF3N2O5/c1-28-15(24)8-2-3-10-11(4-8)12(23(26)27)5-13-14(10)9(6-18)7-22(13)16(25)17(19,20)21/h2-5,9H,6-7H2,1H3. The number of rotatable bonds is 3. The second-order valence-electron chi connectivity index (χ2n) is 6.10. The van der Waals surface area contributed by atoms with Gasteiger partial charge in [-0.05, 0) is 23.1 Å². The fourth-order valence-electron chi connectivity index (χ4n) is 3.34. The van der Waals surface area contributed by atoms with E-state index < -0.39 is 34.6 Å².